The zero-order valence-corrected chi connectivity index (χ0v) is 21.0. The molecule has 176 valence electrons. The molecule has 0 amide bonds. The molecule has 0 fully saturated rings. The first-order valence-electron chi connectivity index (χ1n) is 11.5. The number of benzene rings is 5. The summed E-state index contributed by atoms with van der Waals surface area (Å²) in [5, 5.41) is 14.9. The van der Waals surface area contributed by atoms with E-state index in [1.54, 1.807) is 4.80 Å². The number of halogens is 1. The highest BCUT2D eigenvalue weighted by molar-refractivity contribution is 9.10. The first kappa shape index (κ1) is 22.1. The van der Waals surface area contributed by atoms with Gasteiger partial charge >= 0.3 is 0 Å². The first-order chi connectivity index (χ1) is 17.5. The van der Waals surface area contributed by atoms with E-state index in [9.17, 15) is 0 Å². The van der Waals surface area contributed by atoms with E-state index in [1.807, 2.05) is 85.8 Å². The van der Waals surface area contributed by atoms with E-state index in [-0.39, 0.29) is 0 Å². The number of rotatable bonds is 5. The number of hydrogen-bond donors (Lipinski definition) is 2. The van der Waals surface area contributed by atoms with Gasteiger partial charge in [0.05, 0.1) is 15.8 Å². The Kier molecular flexibility index (Phi) is 5.54. The number of nitrogen functional groups attached to an aromatic ring is 1. The van der Waals surface area contributed by atoms with Crippen LogP contribution >= 0.6 is 15.9 Å². The number of nitrogens with two attached hydrogens (primary N) is 1. The molecule has 0 saturated carbocycles. The third-order valence-electron chi connectivity index (χ3n) is 6.08. The Labute approximate surface area is 216 Å². The average Bonchev–Trinajstić information content (AvgIpc) is 3.33. The van der Waals surface area contributed by atoms with Crippen molar-refractivity contribution in [2.24, 2.45) is 0 Å². The topological polar surface area (TPSA) is 78.0 Å². The zero-order chi connectivity index (χ0) is 24.6. The van der Waals surface area contributed by atoms with Gasteiger partial charge in [0.2, 0.25) is 0 Å². The summed E-state index contributed by atoms with van der Waals surface area (Å²) in [7, 11) is 0. The van der Waals surface area contributed by atoms with Crippen molar-refractivity contribution in [2.45, 2.75) is 6.92 Å². The zero-order valence-electron chi connectivity index (χ0n) is 19.4. The molecule has 1 heterocycles. The van der Waals surface area contributed by atoms with E-state index in [4.69, 9.17) is 10.5 Å². The number of fused-ring (bicyclic) bond motifs is 2. The van der Waals surface area contributed by atoms with Crippen molar-refractivity contribution >= 4 is 54.8 Å². The summed E-state index contributed by atoms with van der Waals surface area (Å²) in [6.07, 6.45) is 0. The second-order valence-corrected chi connectivity index (χ2v) is 9.35. The largest absolute Gasteiger partial charge is 0.457 e. The molecular formula is C29H22BrN5O. The maximum atomic E-state index is 6.15. The standard InChI is InChI=1S/C29H22BrN5O/c1-18-17-25-29(27(30)28(18)31)34-35(33-25)22-13-9-20(10-14-22)32-21-11-15-23(16-12-21)36-26-8-4-6-19-5-2-3-7-24(19)26/h2-17,32H,31H2,1H3. The lowest BCUT2D eigenvalue weighted by Crippen LogP contribution is -1.99. The van der Waals surface area contributed by atoms with Crippen molar-refractivity contribution in [3.63, 3.8) is 0 Å². The fraction of sp³-hybridized carbons (Fsp3) is 0.0345. The third kappa shape index (κ3) is 4.14. The van der Waals surface area contributed by atoms with Crippen LogP contribution < -0.4 is 15.8 Å². The van der Waals surface area contributed by atoms with Crippen LogP contribution in [0.25, 0.3) is 27.5 Å². The van der Waals surface area contributed by atoms with E-state index >= 15 is 0 Å². The second-order valence-electron chi connectivity index (χ2n) is 8.55. The van der Waals surface area contributed by atoms with Crippen LogP contribution in [-0.2, 0) is 0 Å². The summed E-state index contributed by atoms with van der Waals surface area (Å²) in [4.78, 5) is 1.62. The molecule has 0 saturated heterocycles. The molecule has 0 aliphatic rings. The quantitative estimate of drug-likeness (QED) is 0.220. The van der Waals surface area contributed by atoms with Gasteiger partial charge in [-0.1, -0.05) is 36.4 Å². The van der Waals surface area contributed by atoms with Crippen LogP contribution in [0.15, 0.2) is 102 Å². The normalized spacial score (nSPS) is 11.2. The fourth-order valence-corrected chi connectivity index (χ4v) is 4.73. The minimum atomic E-state index is 0.683. The predicted octanol–water partition coefficient (Wildman–Crippen LogP) is 7.76. The molecule has 0 unspecified atom stereocenters. The van der Waals surface area contributed by atoms with Gasteiger partial charge in [0, 0.05) is 16.8 Å². The Hall–Kier alpha value is -4.36. The molecule has 0 bridgehead atoms. The lowest BCUT2D eigenvalue weighted by molar-refractivity contribution is 0.488. The number of hydrogen-bond acceptors (Lipinski definition) is 5. The number of anilines is 3. The summed E-state index contributed by atoms with van der Waals surface area (Å²) < 4.78 is 6.93. The van der Waals surface area contributed by atoms with E-state index in [0.717, 1.165) is 60.4 Å². The molecule has 0 spiro atoms. The van der Waals surface area contributed by atoms with Crippen LogP contribution in [-0.4, -0.2) is 15.0 Å². The van der Waals surface area contributed by atoms with Gasteiger partial charge in [-0.2, -0.15) is 4.80 Å². The minimum Gasteiger partial charge on any atom is -0.457 e. The van der Waals surface area contributed by atoms with Crippen molar-refractivity contribution in [3.8, 4) is 17.2 Å². The van der Waals surface area contributed by atoms with Gasteiger partial charge < -0.3 is 15.8 Å². The number of aromatic nitrogens is 3. The Morgan fingerprint density at radius 1 is 0.833 bits per heavy atom. The fourth-order valence-electron chi connectivity index (χ4n) is 4.13. The highest BCUT2D eigenvalue weighted by Gasteiger charge is 2.12. The number of nitrogens with one attached hydrogen (secondary N) is 1. The van der Waals surface area contributed by atoms with Crippen LogP contribution in [0.5, 0.6) is 11.5 Å². The van der Waals surface area contributed by atoms with Crippen LogP contribution in [0, 0.1) is 6.92 Å². The van der Waals surface area contributed by atoms with Gasteiger partial charge in [-0.25, -0.2) is 0 Å². The van der Waals surface area contributed by atoms with Crippen molar-refractivity contribution in [2.75, 3.05) is 11.1 Å². The Morgan fingerprint density at radius 2 is 1.53 bits per heavy atom. The Balaban J connectivity index is 1.17. The molecule has 0 radical (unpaired) electrons. The SMILES string of the molecule is Cc1cc2nn(-c3ccc(Nc4ccc(Oc5cccc6ccccc56)cc4)cc3)nc2c(Br)c1N. The van der Waals surface area contributed by atoms with Gasteiger partial charge in [-0.15, -0.1) is 10.2 Å². The van der Waals surface area contributed by atoms with E-state index in [0.29, 0.717) is 5.69 Å². The minimum absolute atomic E-state index is 0.683. The molecular weight excluding hydrogens is 514 g/mol. The molecule has 5 aromatic carbocycles. The van der Waals surface area contributed by atoms with Crippen molar-refractivity contribution < 1.29 is 4.74 Å². The van der Waals surface area contributed by atoms with E-state index in [1.165, 1.54) is 0 Å². The molecule has 6 aromatic rings. The molecule has 3 N–H and O–H groups in total. The molecule has 7 heteroatoms. The predicted molar refractivity (Wildman–Crippen MR) is 149 cm³/mol. The van der Waals surface area contributed by atoms with Crippen LogP contribution in [0.2, 0.25) is 0 Å². The third-order valence-corrected chi connectivity index (χ3v) is 6.88. The van der Waals surface area contributed by atoms with Crippen LogP contribution in [0.1, 0.15) is 5.56 Å². The molecule has 6 rings (SSSR count). The van der Waals surface area contributed by atoms with Gasteiger partial charge in [0.15, 0.2) is 0 Å². The van der Waals surface area contributed by atoms with E-state index in [2.05, 4.69) is 49.6 Å². The second kappa shape index (κ2) is 9.02. The molecule has 0 aliphatic carbocycles. The smallest absolute Gasteiger partial charge is 0.135 e. The molecule has 36 heavy (non-hydrogen) atoms. The molecule has 1 aromatic heterocycles. The highest BCUT2D eigenvalue weighted by Crippen LogP contribution is 2.32. The van der Waals surface area contributed by atoms with Gasteiger partial charge in [-0.3, -0.25) is 0 Å². The monoisotopic (exact) mass is 535 g/mol. The van der Waals surface area contributed by atoms with Crippen molar-refractivity contribution in [3.05, 3.63) is 107 Å². The Bertz CT molecular complexity index is 1700. The summed E-state index contributed by atoms with van der Waals surface area (Å²) in [5.41, 5.74) is 12.1. The van der Waals surface area contributed by atoms with Crippen LogP contribution in [0.3, 0.4) is 0 Å². The first-order valence-corrected chi connectivity index (χ1v) is 12.3. The summed E-state index contributed by atoms with van der Waals surface area (Å²) in [6, 6.07) is 32.1. The molecule has 6 nitrogen and oxygen atoms in total. The maximum absolute atomic E-state index is 6.15. The maximum Gasteiger partial charge on any atom is 0.135 e. The van der Waals surface area contributed by atoms with Gasteiger partial charge in [0.1, 0.15) is 22.5 Å². The molecule has 0 atom stereocenters. The average molecular weight is 536 g/mol. The number of nitrogens with zero attached hydrogens (tertiary/aromatic N) is 3. The summed E-state index contributed by atoms with van der Waals surface area (Å²) in [5.74, 6) is 1.63. The van der Waals surface area contributed by atoms with Crippen LogP contribution in [0.4, 0.5) is 17.1 Å². The highest BCUT2D eigenvalue weighted by atomic mass is 79.9. The van der Waals surface area contributed by atoms with Crippen molar-refractivity contribution in [1.82, 2.24) is 15.0 Å². The van der Waals surface area contributed by atoms with Gasteiger partial charge in [-0.05, 0) is 94.5 Å². The van der Waals surface area contributed by atoms with E-state index < -0.39 is 0 Å². The summed E-state index contributed by atoms with van der Waals surface area (Å²) in [6.45, 7) is 1.96. The number of ether oxygens (including phenoxy) is 1. The lowest BCUT2D eigenvalue weighted by atomic mass is 10.1. The van der Waals surface area contributed by atoms with Gasteiger partial charge in [0.25, 0.3) is 0 Å². The Morgan fingerprint density at radius 3 is 2.31 bits per heavy atom. The number of aryl methyl sites for hydroxylation is 1. The molecule has 0 aliphatic heterocycles. The summed E-state index contributed by atoms with van der Waals surface area (Å²) >= 11 is 3.54. The van der Waals surface area contributed by atoms with Crippen molar-refractivity contribution in [1.29, 1.82) is 0 Å². The lowest BCUT2D eigenvalue weighted by Gasteiger charge is -2.11.